The first kappa shape index (κ1) is 23.2. The maximum atomic E-state index is 2.66. The van der Waals surface area contributed by atoms with E-state index in [0.29, 0.717) is 10.8 Å². The van der Waals surface area contributed by atoms with Crippen LogP contribution in [0.1, 0.15) is 119 Å². The second kappa shape index (κ2) is 9.13. The van der Waals surface area contributed by atoms with Crippen LogP contribution in [0.2, 0.25) is 18.5 Å². The van der Waals surface area contributed by atoms with Crippen molar-refractivity contribution >= 4 is 6.71 Å². The summed E-state index contributed by atoms with van der Waals surface area (Å²) in [6.07, 6.45) is 21.4. The van der Waals surface area contributed by atoms with Crippen molar-refractivity contribution in [3.05, 3.63) is 0 Å². The zero-order chi connectivity index (χ0) is 21.5. The third-order valence-electron chi connectivity index (χ3n) is 11.6. The van der Waals surface area contributed by atoms with E-state index in [9.17, 15) is 0 Å². The van der Waals surface area contributed by atoms with Crippen molar-refractivity contribution in [1.82, 2.24) is 0 Å². The van der Waals surface area contributed by atoms with Crippen molar-refractivity contribution in [3.63, 3.8) is 0 Å². The number of hydrogen-bond acceptors (Lipinski definition) is 0. The van der Waals surface area contributed by atoms with Crippen molar-refractivity contribution < 1.29 is 0 Å². The van der Waals surface area contributed by atoms with Crippen molar-refractivity contribution in [3.8, 4) is 0 Å². The van der Waals surface area contributed by atoms with Crippen molar-refractivity contribution in [2.45, 2.75) is 137 Å². The molecule has 0 aromatic rings. The Bertz CT molecular complexity index is 547. The van der Waals surface area contributed by atoms with Crippen LogP contribution in [0, 0.1) is 46.3 Å². The third kappa shape index (κ3) is 4.44. The van der Waals surface area contributed by atoms with Crippen molar-refractivity contribution in [1.29, 1.82) is 0 Å². The summed E-state index contributed by atoms with van der Waals surface area (Å²) in [6, 6.07) is 0. The lowest BCUT2D eigenvalue weighted by Crippen LogP contribution is -2.37. The summed E-state index contributed by atoms with van der Waals surface area (Å²) in [5, 5.41) is 0. The first-order chi connectivity index (χ1) is 14.2. The Kier molecular flexibility index (Phi) is 7.07. The van der Waals surface area contributed by atoms with Crippen LogP contribution in [0.3, 0.4) is 0 Å². The van der Waals surface area contributed by atoms with Gasteiger partial charge in [-0.1, -0.05) is 124 Å². The monoisotopic (exact) mass is 412 g/mol. The van der Waals surface area contributed by atoms with Gasteiger partial charge in [0.25, 0.3) is 0 Å². The molecule has 0 aromatic heterocycles. The van der Waals surface area contributed by atoms with E-state index >= 15 is 0 Å². The molecular formula is C29H53B. The lowest BCUT2D eigenvalue weighted by atomic mass is 9.35. The summed E-state index contributed by atoms with van der Waals surface area (Å²) < 4.78 is 0. The van der Waals surface area contributed by atoms with E-state index in [1.165, 1.54) is 57.6 Å². The van der Waals surface area contributed by atoms with Crippen molar-refractivity contribution in [2.24, 2.45) is 46.3 Å². The maximum Gasteiger partial charge on any atom is 0.144 e. The normalized spacial score (nSPS) is 43.0. The van der Waals surface area contributed by atoms with E-state index < -0.39 is 0 Å². The molecule has 1 aliphatic heterocycles. The predicted molar refractivity (Wildman–Crippen MR) is 134 cm³/mol. The molecule has 0 aromatic carbocycles. The molecule has 3 aliphatic carbocycles. The molecule has 0 N–H and O–H groups in total. The molecule has 1 heterocycles. The van der Waals surface area contributed by atoms with E-state index in [1.807, 2.05) is 0 Å². The van der Waals surface area contributed by atoms with Crippen LogP contribution >= 0.6 is 0 Å². The van der Waals surface area contributed by atoms with Gasteiger partial charge in [0, 0.05) is 0 Å². The van der Waals surface area contributed by atoms with Gasteiger partial charge in [-0.25, -0.2) is 0 Å². The van der Waals surface area contributed by atoms with E-state index in [4.69, 9.17) is 0 Å². The van der Waals surface area contributed by atoms with Gasteiger partial charge in [-0.15, -0.1) is 0 Å². The number of fused-ring (bicyclic) bond motifs is 1. The molecule has 7 atom stereocenters. The highest BCUT2D eigenvalue weighted by molar-refractivity contribution is 6.61. The molecule has 1 heteroatoms. The molecule has 0 bridgehead atoms. The molecule has 0 radical (unpaired) electrons. The van der Waals surface area contributed by atoms with Gasteiger partial charge in [-0.2, -0.15) is 0 Å². The SMILES string of the molecule is CCCCCC1CC2CCCCC2C1C1CC(B2CC(C)(C)C(C)(C)C2)CCC1C. The number of unbranched alkanes of at least 4 members (excludes halogenated alkanes) is 2. The Labute approximate surface area is 190 Å². The fraction of sp³-hybridized carbons (Fsp3) is 1.00. The van der Waals surface area contributed by atoms with Crippen LogP contribution in [0.4, 0.5) is 0 Å². The third-order valence-corrected chi connectivity index (χ3v) is 11.6. The Morgan fingerprint density at radius 1 is 0.800 bits per heavy atom. The van der Waals surface area contributed by atoms with Crippen molar-refractivity contribution in [2.75, 3.05) is 0 Å². The first-order valence-electron chi connectivity index (χ1n) is 14.2. The minimum absolute atomic E-state index is 0.529. The highest BCUT2D eigenvalue weighted by Crippen LogP contribution is 2.61. The van der Waals surface area contributed by atoms with E-state index in [2.05, 4.69) is 41.5 Å². The molecule has 7 unspecified atom stereocenters. The highest BCUT2D eigenvalue weighted by Gasteiger charge is 2.53. The Hall–Kier alpha value is 0.0649. The summed E-state index contributed by atoms with van der Waals surface area (Å²) >= 11 is 0. The fourth-order valence-electron chi connectivity index (χ4n) is 9.19. The molecule has 4 rings (SSSR count). The van der Waals surface area contributed by atoms with Crippen LogP contribution in [0.15, 0.2) is 0 Å². The van der Waals surface area contributed by atoms with Gasteiger partial charge >= 0.3 is 0 Å². The summed E-state index contributed by atoms with van der Waals surface area (Å²) in [6.45, 7) is 16.3. The van der Waals surface area contributed by atoms with E-state index in [0.717, 1.165) is 48.0 Å². The van der Waals surface area contributed by atoms with Gasteiger partial charge in [-0.05, 0) is 59.2 Å². The summed E-state index contributed by atoms with van der Waals surface area (Å²) in [4.78, 5) is 0. The molecule has 4 aliphatic rings. The Morgan fingerprint density at radius 2 is 1.50 bits per heavy atom. The van der Waals surface area contributed by atoms with Gasteiger partial charge in [0.15, 0.2) is 0 Å². The number of rotatable bonds is 6. The second-order valence-electron chi connectivity index (χ2n) is 13.9. The van der Waals surface area contributed by atoms with Crippen LogP contribution in [-0.4, -0.2) is 6.71 Å². The quantitative estimate of drug-likeness (QED) is 0.301. The smallest absolute Gasteiger partial charge is 0.0682 e. The predicted octanol–water partition coefficient (Wildman–Crippen LogP) is 9.38. The maximum absolute atomic E-state index is 2.66. The van der Waals surface area contributed by atoms with E-state index in [1.54, 1.807) is 32.1 Å². The van der Waals surface area contributed by atoms with Crippen LogP contribution in [0.25, 0.3) is 0 Å². The average Bonchev–Trinajstić information content (AvgIpc) is 3.16. The van der Waals surface area contributed by atoms with Gasteiger partial charge in [0.2, 0.25) is 0 Å². The summed E-state index contributed by atoms with van der Waals surface area (Å²) in [5.74, 6) is 7.45. The van der Waals surface area contributed by atoms with Crippen LogP contribution in [0.5, 0.6) is 0 Å². The summed E-state index contributed by atoms with van der Waals surface area (Å²) in [5.41, 5.74) is 1.06. The molecule has 0 spiro atoms. The minimum Gasteiger partial charge on any atom is -0.0682 e. The molecule has 3 saturated carbocycles. The Balaban J connectivity index is 1.49. The molecule has 0 nitrogen and oxygen atoms in total. The van der Waals surface area contributed by atoms with E-state index in [-0.39, 0.29) is 0 Å². The minimum atomic E-state index is 0.529. The standard InChI is InChI=1S/C29H53B/c1-7-8-9-13-23-17-22-12-10-11-14-25(22)27(23)26-18-24(16-15-21(26)2)30-19-28(3,4)29(5,6)20-30/h21-27H,7-20H2,1-6H3. The molecular weight excluding hydrogens is 359 g/mol. The average molecular weight is 413 g/mol. The lowest BCUT2D eigenvalue weighted by Gasteiger charge is -2.44. The molecule has 1 saturated heterocycles. The molecule has 172 valence electrons. The molecule has 30 heavy (non-hydrogen) atoms. The summed E-state index contributed by atoms with van der Waals surface area (Å²) in [7, 11) is 0. The van der Waals surface area contributed by atoms with Gasteiger partial charge in [-0.3, -0.25) is 0 Å². The number of hydrogen-bond donors (Lipinski definition) is 0. The largest absolute Gasteiger partial charge is 0.144 e. The fourth-order valence-corrected chi connectivity index (χ4v) is 9.19. The second-order valence-corrected chi connectivity index (χ2v) is 13.9. The molecule has 4 fully saturated rings. The van der Waals surface area contributed by atoms with Gasteiger partial charge in [0.05, 0.1) is 0 Å². The van der Waals surface area contributed by atoms with Gasteiger partial charge < -0.3 is 0 Å². The Morgan fingerprint density at radius 3 is 2.20 bits per heavy atom. The van der Waals surface area contributed by atoms with Gasteiger partial charge in [0.1, 0.15) is 6.71 Å². The zero-order valence-corrected chi connectivity index (χ0v) is 21.5. The first-order valence-corrected chi connectivity index (χ1v) is 14.2. The zero-order valence-electron chi connectivity index (χ0n) is 21.5. The highest BCUT2D eigenvalue weighted by atomic mass is 14.5. The van der Waals surface area contributed by atoms with Crippen LogP contribution < -0.4 is 0 Å². The van der Waals surface area contributed by atoms with Crippen LogP contribution in [-0.2, 0) is 0 Å². The molecule has 0 amide bonds. The topological polar surface area (TPSA) is 0 Å². The lowest BCUT2D eigenvalue weighted by molar-refractivity contribution is 0.0843.